The molecule has 3 rings (SSSR count). The van der Waals surface area contributed by atoms with Gasteiger partial charge in [-0.3, -0.25) is 9.36 Å². The van der Waals surface area contributed by atoms with Gasteiger partial charge in [0.1, 0.15) is 0 Å². The fourth-order valence-corrected chi connectivity index (χ4v) is 3.01. The number of benzene rings is 1. The maximum absolute atomic E-state index is 11.9. The fraction of sp³-hybridized carbons (Fsp3) is 0.500. The first kappa shape index (κ1) is 13.9. The summed E-state index contributed by atoms with van der Waals surface area (Å²) >= 11 is 0. The Kier molecular flexibility index (Phi) is 4.08. The van der Waals surface area contributed by atoms with Crippen molar-refractivity contribution in [1.29, 1.82) is 0 Å². The second-order valence-electron chi connectivity index (χ2n) is 5.61. The number of carbonyl (C=O) groups is 1. The Hall–Kier alpha value is -2.04. The largest absolute Gasteiger partial charge is 0.419 e. The van der Waals surface area contributed by atoms with Crippen LogP contribution in [0.4, 0.5) is 0 Å². The van der Waals surface area contributed by atoms with Crippen molar-refractivity contribution < 1.29 is 9.21 Å². The number of carbonyl (C=O) groups excluding carboxylic acids is 1. The van der Waals surface area contributed by atoms with E-state index in [2.05, 4.69) is 5.32 Å². The quantitative estimate of drug-likeness (QED) is 0.859. The molecular formula is C16H20N2O3. The highest BCUT2D eigenvalue weighted by molar-refractivity contribution is 5.78. The molecule has 5 heteroatoms. The van der Waals surface area contributed by atoms with Crippen LogP contribution in [0.2, 0.25) is 0 Å². The van der Waals surface area contributed by atoms with E-state index in [9.17, 15) is 9.59 Å². The van der Waals surface area contributed by atoms with Crippen LogP contribution in [0, 0.1) is 5.92 Å². The molecule has 1 aromatic heterocycles. The average Bonchev–Trinajstić information content (AvgIpc) is 3.11. The number of amides is 1. The highest BCUT2D eigenvalue weighted by Gasteiger charge is 2.21. The van der Waals surface area contributed by atoms with E-state index in [4.69, 9.17) is 4.42 Å². The highest BCUT2D eigenvalue weighted by atomic mass is 16.4. The van der Waals surface area contributed by atoms with Crippen LogP contribution in [0.3, 0.4) is 0 Å². The van der Waals surface area contributed by atoms with Crippen molar-refractivity contribution in [1.82, 2.24) is 9.88 Å². The van der Waals surface area contributed by atoms with Crippen LogP contribution in [-0.4, -0.2) is 17.0 Å². The SMILES string of the molecule is O=C(NCCCn1c(=O)oc2ccccc21)C1CCCC1. The summed E-state index contributed by atoms with van der Waals surface area (Å²) in [6, 6.07) is 7.39. The minimum atomic E-state index is -0.335. The Morgan fingerprint density at radius 3 is 2.86 bits per heavy atom. The number of nitrogens with zero attached hydrogens (tertiary/aromatic N) is 1. The van der Waals surface area contributed by atoms with Crippen LogP contribution >= 0.6 is 0 Å². The molecule has 0 spiro atoms. The molecular weight excluding hydrogens is 268 g/mol. The normalized spacial score (nSPS) is 15.6. The highest BCUT2D eigenvalue weighted by Crippen LogP contribution is 2.24. The van der Waals surface area contributed by atoms with Crippen LogP contribution < -0.4 is 11.1 Å². The summed E-state index contributed by atoms with van der Waals surface area (Å²) in [5.74, 6) is 0.0256. The summed E-state index contributed by atoms with van der Waals surface area (Å²) in [6.07, 6.45) is 5.07. The molecule has 21 heavy (non-hydrogen) atoms. The molecule has 5 nitrogen and oxygen atoms in total. The third-order valence-corrected chi connectivity index (χ3v) is 4.16. The Labute approximate surface area is 122 Å². The van der Waals surface area contributed by atoms with Gasteiger partial charge in [-0.2, -0.15) is 0 Å². The Morgan fingerprint density at radius 1 is 1.29 bits per heavy atom. The fourth-order valence-electron chi connectivity index (χ4n) is 3.01. The van der Waals surface area contributed by atoms with Gasteiger partial charge in [0.15, 0.2) is 5.58 Å². The third-order valence-electron chi connectivity index (χ3n) is 4.16. The number of aryl methyl sites for hydroxylation is 1. The maximum Gasteiger partial charge on any atom is 0.419 e. The molecule has 112 valence electrons. The molecule has 1 aliphatic rings. The topological polar surface area (TPSA) is 64.2 Å². The zero-order valence-electron chi connectivity index (χ0n) is 12.0. The van der Waals surface area contributed by atoms with Gasteiger partial charge in [-0.15, -0.1) is 0 Å². The number of oxazole rings is 1. The predicted molar refractivity (Wildman–Crippen MR) is 80.1 cm³/mol. The van der Waals surface area contributed by atoms with Crippen molar-refractivity contribution in [2.45, 2.75) is 38.6 Å². The second-order valence-corrected chi connectivity index (χ2v) is 5.61. The zero-order chi connectivity index (χ0) is 14.7. The molecule has 0 atom stereocenters. The van der Waals surface area contributed by atoms with E-state index in [-0.39, 0.29) is 17.6 Å². The molecule has 1 fully saturated rings. The average molecular weight is 288 g/mol. The lowest BCUT2D eigenvalue weighted by Crippen LogP contribution is -2.31. The summed E-state index contributed by atoms with van der Waals surface area (Å²) in [4.78, 5) is 23.7. The molecule has 1 aliphatic carbocycles. The molecule has 0 unspecified atom stereocenters. The number of fused-ring (bicyclic) bond motifs is 1. The first-order valence-corrected chi connectivity index (χ1v) is 7.62. The van der Waals surface area contributed by atoms with E-state index >= 15 is 0 Å². The molecule has 1 aromatic carbocycles. The van der Waals surface area contributed by atoms with E-state index in [1.54, 1.807) is 10.6 Å². The molecule has 0 radical (unpaired) electrons. The van der Waals surface area contributed by atoms with Crippen LogP contribution in [0.1, 0.15) is 32.1 Å². The van der Waals surface area contributed by atoms with Gasteiger partial charge in [-0.1, -0.05) is 25.0 Å². The van der Waals surface area contributed by atoms with E-state index in [1.165, 1.54) is 0 Å². The van der Waals surface area contributed by atoms with Gasteiger partial charge in [0.05, 0.1) is 5.52 Å². The van der Waals surface area contributed by atoms with Gasteiger partial charge in [-0.25, -0.2) is 4.79 Å². The molecule has 1 amide bonds. The Balaban J connectivity index is 1.54. The third kappa shape index (κ3) is 3.01. The van der Waals surface area contributed by atoms with E-state index < -0.39 is 0 Å². The van der Waals surface area contributed by atoms with E-state index in [0.29, 0.717) is 18.7 Å². The standard InChI is InChI=1S/C16H20N2O3/c19-15(12-6-1-2-7-12)17-10-5-11-18-13-8-3-4-9-14(13)21-16(18)20/h3-4,8-9,12H,1-2,5-7,10-11H2,(H,17,19). The predicted octanol–water partition coefficient (Wildman–Crippen LogP) is 2.29. The first-order chi connectivity index (χ1) is 10.3. The molecule has 1 saturated carbocycles. The first-order valence-electron chi connectivity index (χ1n) is 7.62. The minimum absolute atomic E-state index is 0.164. The number of nitrogens with one attached hydrogen (secondary N) is 1. The molecule has 2 aromatic rings. The number of para-hydroxylation sites is 2. The Bertz CT molecular complexity index is 680. The number of hydrogen-bond donors (Lipinski definition) is 1. The van der Waals surface area contributed by atoms with Crippen molar-refractivity contribution in [3.8, 4) is 0 Å². The summed E-state index contributed by atoms with van der Waals surface area (Å²) in [5, 5.41) is 2.97. The lowest BCUT2D eigenvalue weighted by Gasteiger charge is -2.10. The van der Waals surface area contributed by atoms with Gasteiger partial charge in [0.25, 0.3) is 0 Å². The zero-order valence-corrected chi connectivity index (χ0v) is 12.0. The van der Waals surface area contributed by atoms with Gasteiger partial charge in [0, 0.05) is 19.0 Å². The molecule has 0 aliphatic heterocycles. The Morgan fingerprint density at radius 2 is 2.05 bits per heavy atom. The smallest absolute Gasteiger partial charge is 0.408 e. The van der Waals surface area contributed by atoms with Crippen LogP contribution in [0.25, 0.3) is 11.1 Å². The summed E-state index contributed by atoms with van der Waals surface area (Å²) in [6.45, 7) is 1.15. The molecule has 1 heterocycles. The van der Waals surface area contributed by atoms with Crippen molar-refractivity contribution >= 4 is 17.0 Å². The van der Waals surface area contributed by atoms with Crippen molar-refractivity contribution in [2.75, 3.05) is 6.54 Å². The van der Waals surface area contributed by atoms with Gasteiger partial charge in [-0.05, 0) is 31.4 Å². The lowest BCUT2D eigenvalue weighted by molar-refractivity contribution is -0.124. The van der Waals surface area contributed by atoms with E-state index in [0.717, 1.165) is 37.6 Å². The van der Waals surface area contributed by atoms with Crippen molar-refractivity contribution in [3.63, 3.8) is 0 Å². The van der Waals surface area contributed by atoms with Gasteiger partial charge in [0.2, 0.25) is 5.91 Å². The van der Waals surface area contributed by atoms with Gasteiger partial charge >= 0.3 is 5.76 Å². The van der Waals surface area contributed by atoms with Crippen LogP contribution in [0.15, 0.2) is 33.5 Å². The van der Waals surface area contributed by atoms with Crippen LogP contribution in [0.5, 0.6) is 0 Å². The molecule has 0 bridgehead atoms. The van der Waals surface area contributed by atoms with Gasteiger partial charge < -0.3 is 9.73 Å². The number of rotatable bonds is 5. The number of hydrogen-bond acceptors (Lipinski definition) is 3. The maximum atomic E-state index is 11.9. The van der Waals surface area contributed by atoms with E-state index in [1.807, 2.05) is 18.2 Å². The van der Waals surface area contributed by atoms with Crippen LogP contribution in [-0.2, 0) is 11.3 Å². The van der Waals surface area contributed by atoms with Crippen molar-refractivity contribution in [2.24, 2.45) is 5.92 Å². The summed E-state index contributed by atoms with van der Waals surface area (Å²) in [5.41, 5.74) is 1.42. The molecule has 0 saturated heterocycles. The minimum Gasteiger partial charge on any atom is -0.408 e. The summed E-state index contributed by atoms with van der Waals surface area (Å²) in [7, 11) is 0. The lowest BCUT2D eigenvalue weighted by atomic mass is 10.1. The summed E-state index contributed by atoms with van der Waals surface area (Å²) < 4.78 is 6.80. The second kappa shape index (κ2) is 6.16. The molecule has 1 N–H and O–H groups in total. The number of aromatic nitrogens is 1. The monoisotopic (exact) mass is 288 g/mol. The van der Waals surface area contributed by atoms with Crippen molar-refractivity contribution in [3.05, 3.63) is 34.8 Å².